The van der Waals surface area contributed by atoms with E-state index in [9.17, 15) is 9.59 Å². The Balaban J connectivity index is 1.79. The zero-order valence-electron chi connectivity index (χ0n) is 17.2. The number of nitrogens with one attached hydrogen (secondary N) is 2. The average molecular weight is 504 g/mol. The molecule has 1 saturated carbocycles. The molecule has 2 aromatic rings. The van der Waals surface area contributed by atoms with Gasteiger partial charge in [-0.1, -0.05) is 36.2 Å². The second kappa shape index (κ2) is 9.45. The van der Waals surface area contributed by atoms with Crippen molar-refractivity contribution in [3.63, 3.8) is 0 Å². The molecule has 0 bridgehead atoms. The zero-order valence-corrected chi connectivity index (χ0v) is 20.2. The topological polar surface area (TPSA) is 67.4 Å². The number of ether oxygens (including phenoxy) is 1. The van der Waals surface area contributed by atoms with E-state index in [1.54, 1.807) is 18.2 Å². The summed E-state index contributed by atoms with van der Waals surface area (Å²) in [6, 6.07) is 8.28. The van der Waals surface area contributed by atoms with E-state index in [1.165, 1.54) is 13.2 Å². The zero-order chi connectivity index (χ0) is 22.9. The molecule has 5 nitrogen and oxygen atoms in total. The van der Waals surface area contributed by atoms with Gasteiger partial charge in [0.25, 0.3) is 5.91 Å². The lowest BCUT2D eigenvalue weighted by Gasteiger charge is -2.11. The summed E-state index contributed by atoms with van der Waals surface area (Å²) in [5.41, 5.74) is 2.28. The molecule has 0 aromatic heterocycles. The minimum atomic E-state index is -1.28. The SMILES string of the molecule is CCCNC(=O)c1cc(NC(=O)C2C(c3cc(C)c(OC)c(Cl)c3)C2(Cl)Cl)ccc1Cl. The minimum absolute atomic E-state index is 0.279. The van der Waals surface area contributed by atoms with E-state index < -0.39 is 16.2 Å². The molecule has 166 valence electrons. The number of benzene rings is 2. The Labute approximate surface area is 201 Å². The molecule has 0 heterocycles. The molecule has 3 rings (SSSR count). The predicted octanol–water partition coefficient (Wildman–Crippen LogP) is 5.98. The van der Waals surface area contributed by atoms with Crippen LogP contribution in [-0.4, -0.2) is 29.8 Å². The van der Waals surface area contributed by atoms with Gasteiger partial charge >= 0.3 is 0 Å². The first kappa shape index (κ1) is 24.0. The van der Waals surface area contributed by atoms with Gasteiger partial charge in [-0.05, 0) is 48.7 Å². The van der Waals surface area contributed by atoms with Crippen LogP contribution in [0.5, 0.6) is 5.75 Å². The van der Waals surface area contributed by atoms with Crippen LogP contribution in [0.1, 0.15) is 40.7 Å². The molecule has 1 aliphatic carbocycles. The molecule has 2 N–H and O–H groups in total. The van der Waals surface area contributed by atoms with E-state index in [-0.39, 0.29) is 17.4 Å². The fourth-order valence-corrected chi connectivity index (χ4v) is 4.98. The van der Waals surface area contributed by atoms with Crippen LogP contribution in [0.15, 0.2) is 30.3 Å². The molecule has 0 radical (unpaired) electrons. The average Bonchev–Trinajstić information content (AvgIpc) is 3.29. The summed E-state index contributed by atoms with van der Waals surface area (Å²) in [5.74, 6) is -1.22. The third kappa shape index (κ3) is 4.90. The van der Waals surface area contributed by atoms with Gasteiger partial charge in [-0.15, -0.1) is 23.2 Å². The summed E-state index contributed by atoms with van der Waals surface area (Å²) >= 11 is 25.4. The monoisotopic (exact) mass is 502 g/mol. The van der Waals surface area contributed by atoms with Gasteiger partial charge < -0.3 is 15.4 Å². The van der Waals surface area contributed by atoms with Gasteiger partial charge in [0, 0.05) is 18.2 Å². The smallest absolute Gasteiger partial charge is 0.252 e. The number of hydrogen-bond acceptors (Lipinski definition) is 3. The maximum Gasteiger partial charge on any atom is 0.252 e. The van der Waals surface area contributed by atoms with Crippen molar-refractivity contribution in [1.82, 2.24) is 5.32 Å². The lowest BCUT2D eigenvalue weighted by molar-refractivity contribution is -0.117. The predicted molar refractivity (Wildman–Crippen MR) is 126 cm³/mol. The van der Waals surface area contributed by atoms with Crippen molar-refractivity contribution in [2.75, 3.05) is 19.0 Å². The summed E-state index contributed by atoms with van der Waals surface area (Å²) in [7, 11) is 1.54. The Hall–Kier alpha value is -1.66. The van der Waals surface area contributed by atoms with Crippen LogP contribution in [0, 0.1) is 12.8 Å². The molecule has 0 saturated heterocycles. The normalized spacial score (nSPS) is 18.9. The molecule has 1 fully saturated rings. The van der Waals surface area contributed by atoms with Crippen LogP contribution in [0.4, 0.5) is 5.69 Å². The van der Waals surface area contributed by atoms with Gasteiger partial charge in [-0.25, -0.2) is 0 Å². The van der Waals surface area contributed by atoms with Gasteiger partial charge in [0.1, 0.15) is 10.1 Å². The van der Waals surface area contributed by atoms with Crippen LogP contribution < -0.4 is 15.4 Å². The van der Waals surface area contributed by atoms with Crippen LogP contribution >= 0.6 is 46.4 Å². The van der Waals surface area contributed by atoms with Crippen LogP contribution in [0.3, 0.4) is 0 Å². The third-order valence-corrected chi connectivity index (χ3v) is 6.72. The molecule has 2 atom stereocenters. The number of anilines is 1. The molecule has 1 aliphatic rings. The summed E-state index contributed by atoms with van der Waals surface area (Å²) in [4.78, 5) is 25.2. The maximum atomic E-state index is 12.9. The van der Waals surface area contributed by atoms with Crippen molar-refractivity contribution >= 4 is 63.9 Å². The number of rotatable bonds is 7. The molecule has 9 heteroatoms. The number of amides is 2. The van der Waals surface area contributed by atoms with Crippen LogP contribution in [0.25, 0.3) is 0 Å². The quantitative estimate of drug-likeness (QED) is 0.457. The van der Waals surface area contributed by atoms with Gasteiger partial charge in [0.05, 0.1) is 28.6 Å². The Morgan fingerprint density at radius 2 is 1.84 bits per heavy atom. The number of alkyl halides is 2. The Kier molecular flexibility index (Phi) is 7.32. The number of carbonyl (C=O) groups is 2. The molecule has 31 heavy (non-hydrogen) atoms. The molecular weight excluding hydrogens is 482 g/mol. The largest absolute Gasteiger partial charge is 0.495 e. The highest BCUT2D eigenvalue weighted by molar-refractivity contribution is 6.53. The molecule has 2 aromatic carbocycles. The van der Waals surface area contributed by atoms with Crippen molar-refractivity contribution in [3.05, 3.63) is 57.1 Å². The van der Waals surface area contributed by atoms with E-state index >= 15 is 0 Å². The summed E-state index contributed by atoms with van der Waals surface area (Å²) in [5, 5.41) is 6.27. The molecule has 2 amide bonds. The lowest BCUT2D eigenvalue weighted by atomic mass is 10.0. The highest BCUT2D eigenvalue weighted by Crippen LogP contribution is 2.65. The van der Waals surface area contributed by atoms with E-state index in [2.05, 4.69) is 10.6 Å². The van der Waals surface area contributed by atoms with E-state index in [0.29, 0.717) is 28.0 Å². The van der Waals surface area contributed by atoms with Gasteiger partial charge in [0.15, 0.2) is 0 Å². The summed E-state index contributed by atoms with van der Waals surface area (Å²) < 4.78 is 4.00. The molecule has 0 spiro atoms. The summed E-state index contributed by atoms with van der Waals surface area (Å²) in [6.07, 6.45) is 0.797. The first-order chi connectivity index (χ1) is 14.6. The molecular formula is C22H22Cl4N2O3. The van der Waals surface area contributed by atoms with Crippen molar-refractivity contribution in [3.8, 4) is 5.75 Å². The molecule has 0 aliphatic heterocycles. The second-order valence-electron chi connectivity index (χ2n) is 7.42. The number of hydrogen-bond donors (Lipinski definition) is 2. The second-order valence-corrected chi connectivity index (χ2v) is 9.68. The van der Waals surface area contributed by atoms with E-state index in [0.717, 1.165) is 17.5 Å². The minimum Gasteiger partial charge on any atom is -0.495 e. The first-order valence-corrected chi connectivity index (χ1v) is 11.2. The van der Waals surface area contributed by atoms with Crippen LogP contribution in [0.2, 0.25) is 10.0 Å². The fraction of sp³-hybridized carbons (Fsp3) is 0.364. The molecule has 2 unspecified atom stereocenters. The first-order valence-electron chi connectivity index (χ1n) is 9.72. The Morgan fingerprint density at radius 3 is 2.45 bits per heavy atom. The van der Waals surface area contributed by atoms with Gasteiger partial charge in [0.2, 0.25) is 5.91 Å². The number of carbonyl (C=O) groups excluding carboxylic acids is 2. The van der Waals surface area contributed by atoms with Crippen molar-refractivity contribution < 1.29 is 14.3 Å². The highest BCUT2D eigenvalue weighted by atomic mass is 35.5. The van der Waals surface area contributed by atoms with Crippen LogP contribution in [-0.2, 0) is 4.79 Å². The van der Waals surface area contributed by atoms with Crippen molar-refractivity contribution in [1.29, 1.82) is 0 Å². The van der Waals surface area contributed by atoms with E-state index in [4.69, 9.17) is 51.1 Å². The van der Waals surface area contributed by atoms with Gasteiger partial charge in [-0.2, -0.15) is 0 Å². The third-order valence-electron chi connectivity index (χ3n) is 5.16. The number of aryl methyl sites for hydroxylation is 1. The van der Waals surface area contributed by atoms with Gasteiger partial charge in [-0.3, -0.25) is 9.59 Å². The fourth-order valence-electron chi connectivity index (χ4n) is 3.59. The Morgan fingerprint density at radius 1 is 1.13 bits per heavy atom. The summed E-state index contributed by atoms with van der Waals surface area (Å²) in [6.45, 7) is 4.33. The number of halogens is 4. The Bertz CT molecular complexity index is 1000. The standard InChI is InChI=1S/C22H22Cl4N2O3/c1-4-7-27-20(29)14-10-13(5-6-15(14)23)28-21(30)18-17(22(18,25)26)12-8-11(2)19(31-3)16(24)9-12/h5-6,8-10,17-18H,4,7H2,1-3H3,(H,27,29)(H,28,30). The number of methoxy groups -OCH3 is 1. The highest BCUT2D eigenvalue weighted by Gasteiger charge is 2.67. The van der Waals surface area contributed by atoms with E-state index in [1.807, 2.05) is 19.9 Å². The van der Waals surface area contributed by atoms with Crippen molar-refractivity contribution in [2.24, 2.45) is 5.92 Å². The maximum absolute atomic E-state index is 12.9. The lowest BCUT2D eigenvalue weighted by Crippen LogP contribution is -2.24. The van der Waals surface area contributed by atoms with Crippen molar-refractivity contribution in [2.45, 2.75) is 30.5 Å².